The minimum atomic E-state index is -0.765. The number of amides is 3. The summed E-state index contributed by atoms with van der Waals surface area (Å²) in [6, 6.07) is 11.4. The lowest BCUT2D eigenvalue weighted by molar-refractivity contribution is -0.122. The Hall–Kier alpha value is -2.38. The average molecular weight is 467 g/mol. The molecule has 0 saturated carbocycles. The van der Waals surface area contributed by atoms with Crippen LogP contribution in [0.25, 0.3) is 0 Å². The number of halogens is 2. The Bertz CT molecular complexity index is 889. The van der Waals surface area contributed by atoms with E-state index in [1.54, 1.807) is 31.2 Å². The number of nitrogens with one attached hydrogen (secondary N) is 3. The zero-order chi connectivity index (χ0) is 20.7. The molecule has 6 nitrogen and oxygen atoms in total. The first kappa shape index (κ1) is 21.9. The first-order valence-electron chi connectivity index (χ1n) is 8.67. The van der Waals surface area contributed by atoms with Gasteiger partial charge in [0.2, 0.25) is 11.8 Å². The van der Waals surface area contributed by atoms with Crippen molar-refractivity contribution in [2.75, 3.05) is 11.9 Å². The maximum Gasteiger partial charge on any atom is 0.253 e. The Morgan fingerprint density at radius 2 is 1.86 bits per heavy atom. The summed E-state index contributed by atoms with van der Waals surface area (Å²) in [4.78, 5) is 36.4. The maximum absolute atomic E-state index is 12.2. The zero-order valence-electron chi connectivity index (χ0n) is 15.5. The molecule has 8 heteroatoms. The van der Waals surface area contributed by atoms with Crippen molar-refractivity contribution < 1.29 is 14.4 Å². The van der Waals surface area contributed by atoms with Crippen LogP contribution in [0, 0.1) is 6.92 Å². The van der Waals surface area contributed by atoms with Gasteiger partial charge in [-0.05, 0) is 43.7 Å². The standard InChI is InChI=1S/C20H21BrClN3O3/c1-12-7-8-14(21)11-17(12)25-18(26)9-10-23-19(27)13(2)24-20(28)15-5-3-4-6-16(15)22/h3-8,11,13H,9-10H2,1-2H3,(H,23,27)(H,24,28)(H,25,26). The van der Waals surface area contributed by atoms with Crippen molar-refractivity contribution in [3.63, 3.8) is 0 Å². The topological polar surface area (TPSA) is 87.3 Å². The monoisotopic (exact) mass is 465 g/mol. The van der Waals surface area contributed by atoms with Gasteiger partial charge in [0, 0.05) is 23.1 Å². The molecule has 0 spiro atoms. The van der Waals surface area contributed by atoms with E-state index in [1.165, 1.54) is 0 Å². The molecule has 0 aliphatic rings. The summed E-state index contributed by atoms with van der Waals surface area (Å²) in [6.07, 6.45) is 0.114. The van der Waals surface area contributed by atoms with E-state index in [0.717, 1.165) is 10.0 Å². The van der Waals surface area contributed by atoms with Gasteiger partial charge in [0.1, 0.15) is 6.04 Å². The minimum absolute atomic E-state index is 0.114. The molecular weight excluding hydrogens is 446 g/mol. The quantitative estimate of drug-likeness (QED) is 0.582. The number of rotatable bonds is 7. The second-order valence-corrected chi connectivity index (χ2v) is 7.55. The van der Waals surface area contributed by atoms with Crippen LogP contribution in [0.15, 0.2) is 46.9 Å². The molecule has 2 rings (SSSR count). The Balaban J connectivity index is 1.78. The van der Waals surface area contributed by atoms with Crippen molar-refractivity contribution in [3.8, 4) is 0 Å². The molecule has 0 aromatic heterocycles. The van der Waals surface area contributed by atoms with Crippen LogP contribution >= 0.6 is 27.5 Å². The molecule has 0 heterocycles. The van der Waals surface area contributed by atoms with Gasteiger partial charge in [0.15, 0.2) is 0 Å². The number of benzene rings is 2. The zero-order valence-corrected chi connectivity index (χ0v) is 17.9. The molecule has 0 aliphatic heterocycles. The average Bonchev–Trinajstić information content (AvgIpc) is 2.64. The van der Waals surface area contributed by atoms with Gasteiger partial charge in [-0.2, -0.15) is 0 Å². The van der Waals surface area contributed by atoms with Crippen LogP contribution in [0.2, 0.25) is 5.02 Å². The lowest BCUT2D eigenvalue weighted by Crippen LogP contribution is -2.45. The third kappa shape index (κ3) is 6.35. The number of carbonyl (C=O) groups is 3. The van der Waals surface area contributed by atoms with Gasteiger partial charge in [-0.15, -0.1) is 0 Å². The largest absolute Gasteiger partial charge is 0.354 e. The molecule has 3 N–H and O–H groups in total. The molecule has 0 radical (unpaired) electrons. The second-order valence-electron chi connectivity index (χ2n) is 6.22. The lowest BCUT2D eigenvalue weighted by Gasteiger charge is -2.15. The van der Waals surface area contributed by atoms with E-state index >= 15 is 0 Å². The third-order valence-corrected chi connectivity index (χ3v) is 4.81. The summed E-state index contributed by atoms with van der Waals surface area (Å²) >= 11 is 9.34. The van der Waals surface area contributed by atoms with E-state index in [9.17, 15) is 14.4 Å². The van der Waals surface area contributed by atoms with E-state index in [0.29, 0.717) is 16.3 Å². The van der Waals surface area contributed by atoms with Crippen LogP contribution in [0.3, 0.4) is 0 Å². The highest BCUT2D eigenvalue weighted by Crippen LogP contribution is 2.20. The van der Waals surface area contributed by atoms with Crippen molar-refractivity contribution in [1.82, 2.24) is 10.6 Å². The molecule has 1 atom stereocenters. The highest BCUT2D eigenvalue weighted by molar-refractivity contribution is 9.10. The normalized spacial score (nSPS) is 11.4. The summed E-state index contributed by atoms with van der Waals surface area (Å²) in [5.74, 6) is -1.03. The molecule has 1 unspecified atom stereocenters. The van der Waals surface area contributed by atoms with Crippen LogP contribution in [-0.2, 0) is 9.59 Å². The number of hydrogen-bond donors (Lipinski definition) is 3. The summed E-state index contributed by atoms with van der Waals surface area (Å²) in [6.45, 7) is 3.62. The molecule has 0 bridgehead atoms. The summed E-state index contributed by atoms with van der Waals surface area (Å²) in [5, 5.41) is 8.35. The van der Waals surface area contributed by atoms with E-state index < -0.39 is 11.9 Å². The molecule has 28 heavy (non-hydrogen) atoms. The number of anilines is 1. The molecule has 0 aliphatic carbocycles. The number of carbonyl (C=O) groups excluding carboxylic acids is 3. The van der Waals surface area contributed by atoms with Gasteiger partial charge in [0.05, 0.1) is 10.6 Å². The van der Waals surface area contributed by atoms with Gasteiger partial charge in [-0.25, -0.2) is 0 Å². The van der Waals surface area contributed by atoms with E-state index in [4.69, 9.17) is 11.6 Å². The number of hydrogen-bond acceptors (Lipinski definition) is 3. The Morgan fingerprint density at radius 3 is 2.57 bits per heavy atom. The lowest BCUT2D eigenvalue weighted by atomic mass is 10.2. The Morgan fingerprint density at radius 1 is 1.14 bits per heavy atom. The SMILES string of the molecule is Cc1ccc(Br)cc1NC(=O)CCNC(=O)C(C)NC(=O)c1ccccc1Cl. The van der Waals surface area contributed by atoms with Crippen molar-refractivity contribution in [2.45, 2.75) is 26.3 Å². The van der Waals surface area contributed by atoms with Crippen molar-refractivity contribution >= 4 is 50.9 Å². The van der Waals surface area contributed by atoms with Crippen molar-refractivity contribution in [3.05, 3.63) is 63.1 Å². The van der Waals surface area contributed by atoms with Gasteiger partial charge in [0.25, 0.3) is 5.91 Å². The molecule has 2 aromatic rings. The maximum atomic E-state index is 12.2. The fourth-order valence-corrected chi connectivity index (χ4v) is 2.96. The van der Waals surface area contributed by atoms with Crippen molar-refractivity contribution in [1.29, 1.82) is 0 Å². The molecule has 0 fully saturated rings. The first-order valence-corrected chi connectivity index (χ1v) is 9.84. The smallest absolute Gasteiger partial charge is 0.253 e. The van der Waals surface area contributed by atoms with Gasteiger partial charge in [-0.1, -0.05) is 45.7 Å². The summed E-state index contributed by atoms with van der Waals surface area (Å²) in [5.41, 5.74) is 1.95. The third-order valence-electron chi connectivity index (χ3n) is 3.98. The molecule has 2 aromatic carbocycles. The molecule has 0 saturated heterocycles. The van der Waals surface area contributed by atoms with Crippen LogP contribution in [0.4, 0.5) is 5.69 Å². The van der Waals surface area contributed by atoms with Crippen LogP contribution < -0.4 is 16.0 Å². The van der Waals surface area contributed by atoms with Crippen LogP contribution in [0.1, 0.15) is 29.3 Å². The fraction of sp³-hybridized carbons (Fsp3) is 0.250. The highest BCUT2D eigenvalue weighted by Gasteiger charge is 2.18. The predicted octanol–water partition coefficient (Wildman–Crippen LogP) is 3.67. The predicted molar refractivity (Wildman–Crippen MR) is 114 cm³/mol. The van der Waals surface area contributed by atoms with Crippen LogP contribution in [-0.4, -0.2) is 30.3 Å². The molecule has 3 amide bonds. The number of aryl methyl sites for hydroxylation is 1. The van der Waals surface area contributed by atoms with Crippen LogP contribution in [0.5, 0.6) is 0 Å². The van der Waals surface area contributed by atoms with E-state index in [2.05, 4.69) is 31.9 Å². The first-order chi connectivity index (χ1) is 13.3. The molecule has 148 valence electrons. The van der Waals surface area contributed by atoms with Crippen molar-refractivity contribution in [2.24, 2.45) is 0 Å². The molecular formula is C20H21BrClN3O3. The minimum Gasteiger partial charge on any atom is -0.354 e. The van der Waals surface area contributed by atoms with Gasteiger partial charge in [-0.3, -0.25) is 14.4 Å². The fourth-order valence-electron chi connectivity index (χ4n) is 2.38. The van der Waals surface area contributed by atoms with E-state index in [1.807, 2.05) is 25.1 Å². The Labute approximate surface area is 177 Å². The summed E-state index contributed by atoms with van der Waals surface area (Å²) in [7, 11) is 0. The summed E-state index contributed by atoms with van der Waals surface area (Å²) < 4.78 is 0.866. The van der Waals surface area contributed by atoms with E-state index in [-0.39, 0.29) is 24.8 Å². The van der Waals surface area contributed by atoms with Gasteiger partial charge < -0.3 is 16.0 Å². The van der Waals surface area contributed by atoms with Gasteiger partial charge >= 0.3 is 0 Å². The second kappa shape index (κ2) is 10.2. The Kier molecular flexibility index (Phi) is 8.02. The highest BCUT2D eigenvalue weighted by atomic mass is 79.9.